The lowest BCUT2D eigenvalue weighted by Gasteiger charge is -2.23. The molecule has 21 heavy (non-hydrogen) atoms. The van der Waals surface area contributed by atoms with Crippen molar-refractivity contribution in [2.24, 2.45) is 0 Å². The molecule has 0 saturated carbocycles. The van der Waals surface area contributed by atoms with Gasteiger partial charge in [0.15, 0.2) is 6.29 Å². The Morgan fingerprint density at radius 1 is 1.19 bits per heavy atom. The van der Waals surface area contributed by atoms with E-state index in [9.17, 15) is 0 Å². The molecule has 1 atom stereocenters. The fourth-order valence-corrected chi connectivity index (χ4v) is 2.70. The molecular weight excluding hydrogens is 266 g/mol. The van der Waals surface area contributed by atoms with E-state index in [1.807, 2.05) is 13.8 Å². The summed E-state index contributed by atoms with van der Waals surface area (Å²) < 4.78 is 16.7. The van der Waals surface area contributed by atoms with Crippen LogP contribution in [0.3, 0.4) is 0 Å². The summed E-state index contributed by atoms with van der Waals surface area (Å²) in [6.45, 7) is 9.01. The van der Waals surface area contributed by atoms with Crippen molar-refractivity contribution in [3.8, 4) is 5.75 Å². The first-order chi connectivity index (χ1) is 10.3. The van der Waals surface area contributed by atoms with Crippen LogP contribution in [-0.4, -0.2) is 32.7 Å². The average molecular weight is 293 g/mol. The molecule has 0 bridgehead atoms. The van der Waals surface area contributed by atoms with Gasteiger partial charge in [-0.3, -0.25) is 0 Å². The largest absolute Gasteiger partial charge is 0.493 e. The van der Waals surface area contributed by atoms with Crippen molar-refractivity contribution in [1.82, 2.24) is 5.32 Å². The summed E-state index contributed by atoms with van der Waals surface area (Å²) in [5.74, 6) is 1.04. The van der Waals surface area contributed by atoms with Crippen LogP contribution >= 0.6 is 0 Å². The number of fused-ring (bicyclic) bond motifs is 1. The van der Waals surface area contributed by atoms with Gasteiger partial charge in [0.1, 0.15) is 5.75 Å². The number of rotatable bonds is 9. The lowest BCUT2D eigenvalue weighted by atomic mass is 10.0. The molecule has 1 aromatic carbocycles. The highest BCUT2D eigenvalue weighted by molar-refractivity contribution is 5.40. The van der Waals surface area contributed by atoms with Gasteiger partial charge in [-0.1, -0.05) is 19.1 Å². The van der Waals surface area contributed by atoms with E-state index in [-0.39, 0.29) is 6.29 Å². The normalized spacial score (nSPS) is 15.0. The Labute approximate surface area is 127 Å². The van der Waals surface area contributed by atoms with E-state index in [0.717, 1.165) is 25.2 Å². The van der Waals surface area contributed by atoms with E-state index < -0.39 is 0 Å². The van der Waals surface area contributed by atoms with Crippen molar-refractivity contribution in [1.29, 1.82) is 0 Å². The van der Waals surface area contributed by atoms with Crippen LogP contribution in [0.5, 0.6) is 5.75 Å². The molecule has 2 rings (SSSR count). The highest BCUT2D eigenvalue weighted by atomic mass is 16.7. The third-order valence-electron chi connectivity index (χ3n) is 3.76. The van der Waals surface area contributed by atoms with Crippen molar-refractivity contribution in [3.63, 3.8) is 0 Å². The predicted octanol–water partition coefficient (Wildman–Crippen LogP) is 3.06. The Bertz CT molecular complexity index is 430. The molecule has 4 nitrogen and oxygen atoms in total. The molecule has 0 aromatic heterocycles. The van der Waals surface area contributed by atoms with E-state index in [1.165, 1.54) is 11.1 Å². The number of hydrogen-bond acceptors (Lipinski definition) is 4. The van der Waals surface area contributed by atoms with Gasteiger partial charge in [-0.15, -0.1) is 0 Å². The van der Waals surface area contributed by atoms with E-state index in [2.05, 4.69) is 30.4 Å². The molecular formula is C17H27NO3. The van der Waals surface area contributed by atoms with Gasteiger partial charge in [-0.25, -0.2) is 0 Å². The van der Waals surface area contributed by atoms with Gasteiger partial charge in [0.05, 0.1) is 6.61 Å². The Hall–Kier alpha value is -1.10. The molecule has 1 aliphatic rings. The summed E-state index contributed by atoms with van der Waals surface area (Å²) in [6.07, 6.45) is 1.87. The quantitative estimate of drug-likeness (QED) is 0.710. The van der Waals surface area contributed by atoms with Crippen LogP contribution in [0.2, 0.25) is 0 Å². The van der Waals surface area contributed by atoms with Crippen LogP contribution in [0, 0.1) is 0 Å². The molecule has 118 valence electrons. The predicted molar refractivity (Wildman–Crippen MR) is 83.7 cm³/mol. The lowest BCUT2D eigenvalue weighted by Crippen LogP contribution is -2.34. The summed E-state index contributed by atoms with van der Waals surface area (Å²) in [6, 6.07) is 6.82. The fraction of sp³-hybridized carbons (Fsp3) is 0.647. The van der Waals surface area contributed by atoms with Gasteiger partial charge in [0.25, 0.3) is 0 Å². The van der Waals surface area contributed by atoms with Gasteiger partial charge >= 0.3 is 0 Å². The van der Waals surface area contributed by atoms with Crippen LogP contribution in [0.1, 0.15) is 44.4 Å². The van der Waals surface area contributed by atoms with Crippen molar-refractivity contribution >= 4 is 0 Å². The monoisotopic (exact) mass is 293 g/mol. The van der Waals surface area contributed by atoms with Crippen LogP contribution in [0.4, 0.5) is 0 Å². The Morgan fingerprint density at radius 3 is 2.62 bits per heavy atom. The molecule has 4 heteroatoms. The Balaban J connectivity index is 1.95. The minimum atomic E-state index is -0.174. The highest BCUT2D eigenvalue weighted by Crippen LogP contribution is 2.29. The SMILES string of the molecule is CCOC(CNC(CC)c1ccc2c(c1)CCO2)OCC. The summed E-state index contributed by atoms with van der Waals surface area (Å²) in [4.78, 5) is 0. The van der Waals surface area contributed by atoms with E-state index in [0.29, 0.717) is 25.8 Å². The van der Waals surface area contributed by atoms with Gasteiger partial charge in [0.2, 0.25) is 0 Å². The molecule has 1 aromatic rings. The first-order valence-corrected chi connectivity index (χ1v) is 8.00. The zero-order valence-electron chi connectivity index (χ0n) is 13.4. The van der Waals surface area contributed by atoms with Crippen LogP contribution < -0.4 is 10.1 Å². The molecule has 0 radical (unpaired) electrons. The Morgan fingerprint density at radius 2 is 1.95 bits per heavy atom. The first-order valence-electron chi connectivity index (χ1n) is 8.00. The number of ether oxygens (including phenoxy) is 3. The molecule has 0 amide bonds. The summed E-state index contributed by atoms with van der Waals surface area (Å²) in [5.41, 5.74) is 2.63. The minimum absolute atomic E-state index is 0.174. The third-order valence-corrected chi connectivity index (χ3v) is 3.76. The summed E-state index contributed by atoms with van der Waals surface area (Å²) in [7, 11) is 0. The summed E-state index contributed by atoms with van der Waals surface area (Å²) >= 11 is 0. The van der Waals surface area contributed by atoms with Crippen molar-refractivity contribution < 1.29 is 14.2 Å². The number of nitrogens with one attached hydrogen (secondary N) is 1. The second-order valence-electron chi connectivity index (χ2n) is 5.17. The van der Waals surface area contributed by atoms with Crippen molar-refractivity contribution in [3.05, 3.63) is 29.3 Å². The summed E-state index contributed by atoms with van der Waals surface area (Å²) in [5, 5.41) is 3.56. The second-order valence-corrected chi connectivity index (χ2v) is 5.17. The molecule has 1 heterocycles. The van der Waals surface area contributed by atoms with Gasteiger partial charge in [0, 0.05) is 32.2 Å². The van der Waals surface area contributed by atoms with Gasteiger partial charge < -0.3 is 19.5 Å². The minimum Gasteiger partial charge on any atom is -0.493 e. The highest BCUT2D eigenvalue weighted by Gasteiger charge is 2.17. The maximum absolute atomic E-state index is 5.58. The van der Waals surface area contributed by atoms with Crippen LogP contribution in [0.15, 0.2) is 18.2 Å². The molecule has 0 saturated heterocycles. The topological polar surface area (TPSA) is 39.7 Å². The zero-order chi connectivity index (χ0) is 15.1. The lowest BCUT2D eigenvalue weighted by molar-refractivity contribution is -0.133. The molecule has 0 fully saturated rings. The van der Waals surface area contributed by atoms with Crippen LogP contribution in [-0.2, 0) is 15.9 Å². The smallest absolute Gasteiger partial charge is 0.169 e. The van der Waals surface area contributed by atoms with Gasteiger partial charge in [-0.2, -0.15) is 0 Å². The van der Waals surface area contributed by atoms with Crippen LogP contribution in [0.25, 0.3) is 0 Å². The van der Waals surface area contributed by atoms with E-state index in [1.54, 1.807) is 0 Å². The number of benzene rings is 1. The standard InChI is InChI=1S/C17H27NO3/c1-4-15(18-12-17(19-5-2)20-6-3)13-7-8-16-14(11-13)9-10-21-16/h7-8,11,15,17-18H,4-6,9-10,12H2,1-3H3. The molecule has 1 N–H and O–H groups in total. The van der Waals surface area contributed by atoms with Crippen molar-refractivity contribution in [2.75, 3.05) is 26.4 Å². The molecule has 0 aliphatic carbocycles. The number of hydrogen-bond donors (Lipinski definition) is 1. The first kappa shape index (κ1) is 16.3. The Kier molecular flexibility index (Phi) is 6.49. The third kappa shape index (κ3) is 4.43. The second kappa shape index (κ2) is 8.37. The molecule has 1 unspecified atom stereocenters. The zero-order valence-corrected chi connectivity index (χ0v) is 13.4. The van der Waals surface area contributed by atoms with E-state index in [4.69, 9.17) is 14.2 Å². The molecule has 1 aliphatic heterocycles. The average Bonchev–Trinajstić information content (AvgIpc) is 2.96. The van der Waals surface area contributed by atoms with Crippen molar-refractivity contribution in [2.45, 2.75) is 45.9 Å². The fourth-order valence-electron chi connectivity index (χ4n) is 2.70. The molecule has 0 spiro atoms. The maximum atomic E-state index is 5.58. The maximum Gasteiger partial charge on any atom is 0.169 e. The van der Waals surface area contributed by atoms with E-state index >= 15 is 0 Å². The van der Waals surface area contributed by atoms with Gasteiger partial charge in [-0.05, 0) is 37.5 Å².